The summed E-state index contributed by atoms with van der Waals surface area (Å²) in [6.45, 7) is 0.130. The van der Waals surface area contributed by atoms with E-state index in [0.29, 0.717) is 11.3 Å². The smallest absolute Gasteiger partial charge is 0.315 e. The van der Waals surface area contributed by atoms with Crippen molar-refractivity contribution in [3.05, 3.63) is 53.8 Å². The fraction of sp³-hybridized carbons (Fsp3) is 0.176. The lowest BCUT2D eigenvalue weighted by Gasteiger charge is -2.10. The van der Waals surface area contributed by atoms with E-state index >= 15 is 0 Å². The van der Waals surface area contributed by atoms with E-state index < -0.39 is 18.3 Å². The molecule has 2 aromatic rings. The number of esters is 1. The molecule has 0 unspecified atom stereocenters. The fourth-order valence-electron chi connectivity index (χ4n) is 1.90. The van der Waals surface area contributed by atoms with Crippen molar-refractivity contribution in [2.75, 3.05) is 12.4 Å². The Balaban J connectivity index is 1.96. The number of benzene rings is 2. The highest BCUT2D eigenvalue weighted by Crippen LogP contribution is 2.28. The maximum Gasteiger partial charge on any atom is 0.315 e. The molecule has 0 aliphatic carbocycles. The van der Waals surface area contributed by atoms with Crippen LogP contribution in [0.2, 0.25) is 0 Å². The summed E-state index contributed by atoms with van der Waals surface area (Å²) in [6, 6.07) is 10.3. The molecule has 7 heteroatoms. The van der Waals surface area contributed by atoms with Gasteiger partial charge in [-0.25, -0.2) is 4.39 Å². The Morgan fingerprint density at radius 1 is 1.21 bits per heavy atom. The van der Waals surface area contributed by atoms with Crippen LogP contribution in [0.5, 0.6) is 11.5 Å². The molecule has 24 heavy (non-hydrogen) atoms. The van der Waals surface area contributed by atoms with Crippen molar-refractivity contribution in [1.82, 2.24) is 0 Å². The Morgan fingerprint density at radius 3 is 2.67 bits per heavy atom. The number of hydrogen-bond donors (Lipinski definition) is 2. The molecule has 0 saturated carbocycles. The molecule has 0 aliphatic rings. The van der Waals surface area contributed by atoms with Crippen LogP contribution < -0.4 is 10.1 Å². The van der Waals surface area contributed by atoms with Gasteiger partial charge in [0.2, 0.25) is 5.91 Å². The van der Waals surface area contributed by atoms with Crippen molar-refractivity contribution in [3.63, 3.8) is 0 Å². The highest BCUT2D eigenvalue weighted by molar-refractivity contribution is 6.02. The molecule has 126 valence electrons. The third-order valence-electron chi connectivity index (χ3n) is 3.07. The summed E-state index contributed by atoms with van der Waals surface area (Å²) >= 11 is 0. The molecule has 0 bridgehead atoms. The molecule has 0 saturated heterocycles. The molecular formula is C17H16FNO5. The molecule has 2 N–H and O–H groups in total. The van der Waals surface area contributed by atoms with Crippen LogP contribution in [-0.4, -0.2) is 24.1 Å². The summed E-state index contributed by atoms with van der Waals surface area (Å²) in [7, 11) is 1.18. The summed E-state index contributed by atoms with van der Waals surface area (Å²) in [5, 5.41) is 12.3. The topological polar surface area (TPSA) is 84.9 Å². The Labute approximate surface area is 137 Å². The zero-order valence-corrected chi connectivity index (χ0v) is 12.9. The molecule has 0 spiro atoms. The standard InChI is InChI=1S/C17H16FNO5/c1-23-17(22)9-16(21)19-14-6-5-13(8-15(14)20)24-10-11-3-2-4-12(18)7-11/h2-8,20H,9-10H2,1H3,(H,19,21). The number of anilines is 1. The van der Waals surface area contributed by atoms with Gasteiger partial charge in [-0.05, 0) is 29.8 Å². The second-order valence-electron chi connectivity index (χ2n) is 4.90. The van der Waals surface area contributed by atoms with Crippen molar-refractivity contribution in [2.24, 2.45) is 0 Å². The molecule has 1 amide bonds. The molecule has 2 aromatic carbocycles. The van der Waals surface area contributed by atoms with E-state index in [4.69, 9.17) is 4.74 Å². The van der Waals surface area contributed by atoms with E-state index in [1.807, 2.05) is 0 Å². The normalized spacial score (nSPS) is 10.1. The van der Waals surface area contributed by atoms with Crippen LogP contribution in [0, 0.1) is 5.82 Å². The van der Waals surface area contributed by atoms with Gasteiger partial charge in [0.1, 0.15) is 30.3 Å². The summed E-state index contributed by atoms with van der Waals surface area (Å²) < 4.78 is 22.9. The first kappa shape index (κ1) is 17.3. The highest BCUT2D eigenvalue weighted by atomic mass is 19.1. The van der Waals surface area contributed by atoms with E-state index in [1.165, 1.54) is 37.4 Å². The van der Waals surface area contributed by atoms with Crippen molar-refractivity contribution in [3.8, 4) is 11.5 Å². The lowest BCUT2D eigenvalue weighted by atomic mass is 10.2. The number of aromatic hydroxyl groups is 1. The zero-order chi connectivity index (χ0) is 17.5. The summed E-state index contributed by atoms with van der Waals surface area (Å²) in [5.41, 5.74) is 0.784. The van der Waals surface area contributed by atoms with E-state index in [-0.39, 0.29) is 23.9 Å². The Hall–Kier alpha value is -3.09. The first-order valence-corrected chi connectivity index (χ1v) is 7.05. The van der Waals surface area contributed by atoms with Gasteiger partial charge in [0.05, 0.1) is 12.8 Å². The largest absolute Gasteiger partial charge is 0.506 e. The molecule has 0 atom stereocenters. The number of carbonyl (C=O) groups excluding carboxylic acids is 2. The van der Waals surface area contributed by atoms with Gasteiger partial charge in [-0.2, -0.15) is 0 Å². The number of rotatable bonds is 6. The minimum absolute atomic E-state index is 0.130. The first-order chi connectivity index (χ1) is 11.5. The van der Waals surface area contributed by atoms with E-state index in [1.54, 1.807) is 12.1 Å². The number of nitrogens with one attached hydrogen (secondary N) is 1. The van der Waals surface area contributed by atoms with Gasteiger partial charge < -0.3 is 19.9 Å². The molecule has 0 aliphatic heterocycles. The summed E-state index contributed by atoms with van der Waals surface area (Å²) in [5.74, 6) is -1.51. The molecule has 2 rings (SSSR count). The predicted molar refractivity (Wildman–Crippen MR) is 84.1 cm³/mol. The number of methoxy groups -OCH3 is 1. The van der Waals surface area contributed by atoms with Gasteiger partial charge in [0.15, 0.2) is 0 Å². The maximum atomic E-state index is 13.1. The van der Waals surface area contributed by atoms with Crippen LogP contribution in [0.15, 0.2) is 42.5 Å². The second-order valence-corrected chi connectivity index (χ2v) is 4.90. The minimum atomic E-state index is -0.679. The number of hydrogen-bond acceptors (Lipinski definition) is 5. The Morgan fingerprint density at radius 2 is 2.00 bits per heavy atom. The fourth-order valence-corrected chi connectivity index (χ4v) is 1.90. The lowest BCUT2D eigenvalue weighted by Crippen LogP contribution is -2.17. The highest BCUT2D eigenvalue weighted by Gasteiger charge is 2.12. The second kappa shape index (κ2) is 7.96. The lowest BCUT2D eigenvalue weighted by molar-refractivity contribution is -0.142. The van der Waals surface area contributed by atoms with Crippen LogP contribution in [0.3, 0.4) is 0 Å². The zero-order valence-electron chi connectivity index (χ0n) is 12.9. The van der Waals surface area contributed by atoms with Gasteiger partial charge in [-0.1, -0.05) is 12.1 Å². The third kappa shape index (κ3) is 4.98. The first-order valence-electron chi connectivity index (χ1n) is 7.05. The number of amides is 1. The summed E-state index contributed by atoms with van der Waals surface area (Å²) in [4.78, 5) is 22.6. The number of carbonyl (C=O) groups is 2. The number of phenols is 1. The predicted octanol–water partition coefficient (Wildman–Crippen LogP) is 2.61. The van der Waals surface area contributed by atoms with Crippen molar-refractivity contribution < 1.29 is 28.6 Å². The number of ether oxygens (including phenoxy) is 2. The van der Waals surface area contributed by atoms with E-state index in [2.05, 4.69) is 10.1 Å². The monoisotopic (exact) mass is 333 g/mol. The van der Waals surface area contributed by atoms with Gasteiger partial charge in [-0.3, -0.25) is 9.59 Å². The van der Waals surface area contributed by atoms with Gasteiger partial charge in [0.25, 0.3) is 0 Å². The molecule has 0 heterocycles. The Bertz CT molecular complexity index is 748. The number of halogens is 1. The summed E-state index contributed by atoms with van der Waals surface area (Å²) in [6.07, 6.45) is -0.451. The van der Waals surface area contributed by atoms with Gasteiger partial charge in [-0.15, -0.1) is 0 Å². The van der Waals surface area contributed by atoms with Gasteiger partial charge >= 0.3 is 5.97 Å². The van der Waals surface area contributed by atoms with Gasteiger partial charge in [0, 0.05) is 6.07 Å². The molecule has 0 radical (unpaired) electrons. The molecular weight excluding hydrogens is 317 g/mol. The van der Waals surface area contributed by atoms with Crippen LogP contribution >= 0.6 is 0 Å². The van der Waals surface area contributed by atoms with E-state index in [0.717, 1.165) is 0 Å². The van der Waals surface area contributed by atoms with Crippen molar-refractivity contribution in [2.45, 2.75) is 13.0 Å². The molecule has 6 nitrogen and oxygen atoms in total. The third-order valence-corrected chi connectivity index (χ3v) is 3.07. The van der Waals surface area contributed by atoms with Crippen LogP contribution in [0.1, 0.15) is 12.0 Å². The van der Waals surface area contributed by atoms with Crippen LogP contribution in [0.25, 0.3) is 0 Å². The van der Waals surface area contributed by atoms with Crippen LogP contribution in [0.4, 0.5) is 10.1 Å². The maximum absolute atomic E-state index is 13.1. The van der Waals surface area contributed by atoms with Crippen LogP contribution in [-0.2, 0) is 20.9 Å². The van der Waals surface area contributed by atoms with Crippen molar-refractivity contribution in [1.29, 1.82) is 0 Å². The number of phenolic OH excluding ortho intramolecular Hbond substituents is 1. The minimum Gasteiger partial charge on any atom is -0.506 e. The molecule has 0 fully saturated rings. The van der Waals surface area contributed by atoms with E-state index in [9.17, 15) is 19.1 Å². The average Bonchev–Trinajstić information content (AvgIpc) is 2.55. The molecule has 0 aromatic heterocycles. The average molecular weight is 333 g/mol. The van der Waals surface area contributed by atoms with Crippen molar-refractivity contribution >= 4 is 17.6 Å². The SMILES string of the molecule is COC(=O)CC(=O)Nc1ccc(OCc2cccc(F)c2)cc1O. The quantitative estimate of drug-likeness (QED) is 0.482. The Kier molecular flexibility index (Phi) is 5.73.